The van der Waals surface area contributed by atoms with E-state index in [-0.39, 0.29) is 5.69 Å². The van der Waals surface area contributed by atoms with Crippen LogP contribution in [0.25, 0.3) is 5.65 Å². The Labute approximate surface area is 99.3 Å². The minimum atomic E-state index is -0.0498. The maximum absolute atomic E-state index is 12.0. The molecule has 2 aromatic rings. The molecule has 17 heavy (non-hydrogen) atoms. The van der Waals surface area contributed by atoms with Crippen molar-refractivity contribution in [2.45, 2.75) is 25.9 Å². The van der Waals surface area contributed by atoms with Crippen LogP contribution in [0.1, 0.15) is 19.3 Å². The summed E-state index contributed by atoms with van der Waals surface area (Å²) in [7, 11) is 0. The lowest BCUT2D eigenvalue weighted by atomic mass is 10.1. The van der Waals surface area contributed by atoms with Gasteiger partial charge in [0.15, 0.2) is 5.65 Å². The van der Waals surface area contributed by atoms with Gasteiger partial charge in [0.2, 0.25) is 0 Å². The van der Waals surface area contributed by atoms with Gasteiger partial charge in [-0.1, -0.05) is 12.5 Å². The fourth-order valence-electron chi connectivity index (χ4n) is 2.35. The minimum Gasteiger partial charge on any atom is -0.284 e. The Morgan fingerprint density at radius 3 is 2.76 bits per heavy atom. The average molecular weight is 232 g/mol. The third kappa shape index (κ3) is 1.98. The summed E-state index contributed by atoms with van der Waals surface area (Å²) in [6.45, 7) is 2.75. The highest BCUT2D eigenvalue weighted by molar-refractivity contribution is 5.35. The number of aromatic nitrogens is 3. The lowest BCUT2D eigenvalue weighted by Gasteiger charge is -2.25. The van der Waals surface area contributed by atoms with Gasteiger partial charge in [0.1, 0.15) is 0 Å². The number of rotatable bonds is 2. The molecule has 0 spiro atoms. The van der Waals surface area contributed by atoms with E-state index in [4.69, 9.17) is 0 Å². The molecule has 1 aliphatic rings. The summed E-state index contributed by atoms with van der Waals surface area (Å²) in [5.41, 5.74) is 0.667. The third-order valence-corrected chi connectivity index (χ3v) is 3.27. The summed E-state index contributed by atoms with van der Waals surface area (Å²) in [5, 5.41) is 4.33. The molecule has 0 radical (unpaired) electrons. The van der Waals surface area contributed by atoms with E-state index < -0.39 is 0 Å². The fourth-order valence-corrected chi connectivity index (χ4v) is 2.35. The van der Waals surface area contributed by atoms with Crippen molar-refractivity contribution in [3.8, 4) is 0 Å². The number of hydrogen-bond acceptors (Lipinski definition) is 3. The monoisotopic (exact) mass is 232 g/mol. The first-order valence-electron chi connectivity index (χ1n) is 6.11. The van der Waals surface area contributed by atoms with Crippen LogP contribution in [-0.4, -0.2) is 32.2 Å². The molecule has 2 aromatic heterocycles. The van der Waals surface area contributed by atoms with Crippen molar-refractivity contribution in [1.29, 1.82) is 0 Å². The van der Waals surface area contributed by atoms with Crippen LogP contribution in [0.4, 0.5) is 0 Å². The van der Waals surface area contributed by atoms with Gasteiger partial charge in [0, 0.05) is 6.20 Å². The van der Waals surface area contributed by atoms with Crippen molar-refractivity contribution >= 4 is 5.65 Å². The Kier molecular flexibility index (Phi) is 2.68. The SMILES string of the molecule is O=c1n(CN2CCCCC2)nc2ccccn12. The van der Waals surface area contributed by atoms with Crippen molar-refractivity contribution in [2.75, 3.05) is 13.1 Å². The summed E-state index contributed by atoms with van der Waals surface area (Å²) in [4.78, 5) is 14.3. The van der Waals surface area contributed by atoms with E-state index in [1.54, 1.807) is 15.3 Å². The van der Waals surface area contributed by atoms with Crippen molar-refractivity contribution in [3.63, 3.8) is 0 Å². The fraction of sp³-hybridized carbons (Fsp3) is 0.500. The summed E-state index contributed by atoms with van der Waals surface area (Å²) in [6, 6.07) is 5.60. The second kappa shape index (κ2) is 4.33. The largest absolute Gasteiger partial charge is 0.351 e. The molecule has 3 rings (SSSR count). The van der Waals surface area contributed by atoms with E-state index in [1.807, 2.05) is 18.2 Å². The molecule has 90 valence electrons. The van der Waals surface area contributed by atoms with Gasteiger partial charge >= 0.3 is 5.69 Å². The van der Waals surface area contributed by atoms with Gasteiger partial charge in [-0.2, -0.15) is 4.68 Å². The first-order valence-corrected chi connectivity index (χ1v) is 6.11. The highest BCUT2D eigenvalue weighted by atomic mass is 16.2. The zero-order chi connectivity index (χ0) is 11.7. The van der Waals surface area contributed by atoms with Gasteiger partial charge in [-0.05, 0) is 38.1 Å². The van der Waals surface area contributed by atoms with Crippen LogP contribution in [-0.2, 0) is 6.67 Å². The van der Waals surface area contributed by atoms with Gasteiger partial charge < -0.3 is 0 Å². The van der Waals surface area contributed by atoms with Gasteiger partial charge in [0.25, 0.3) is 0 Å². The topological polar surface area (TPSA) is 42.5 Å². The average Bonchev–Trinajstić information content (AvgIpc) is 2.68. The highest BCUT2D eigenvalue weighted by Crippen LogP contribution is 2.08. The van der Waals surface area contributed by atoms with E-state index in [2.05, 4.69) is 10.00 Å². The molecule has 0 aliphatic carbocycles. The van der Waals surface area contributed by atoms with Gasteiger partial charge in [-0.25, -0.2) is 4.79 Å². The second-order valence-electron chi connectivity index (χ2n) is 4.53. The second-order valence-corrected chi connectivity index (χ2v) is 4.53. The van der Waals surface area contributed by atoms with Crippen LogP contribution < -0.4 is 5.69 Å². The number of hydrogen-bond donors (Lipinski definition) is 0. The van der Waals surface area contributed by atoms with E-state index in [0.29, 0.717) is 6.67 Å². The van der Waals surface area contributed by atoms with Crippen molar-refractivity contribution in [3.05, 3.63) is 34.9 Å². The molecular weight excluding hydrogens is 216 g/mol. The zero-order valence-corrected chi connectivity index (χ0v) is 9.75. The molecule has 3 heterocycles. The highest BCUT2D eigenvalue weighted by Gasteiger charge is 2.13. The molecule has 0 saturated carbocycles. The smallest absolute Gasteiger partial charge is 0.284 e. The number of likely N-dealkylation sites (tertiary alicyclic amines) is 1. The first kappa shape index (κ1) is 10.5. The Morgan fingerprint density at radius 2 is 2.00 bits per heavy atom. The number of fused-ring (bicyclic) bond motifs is 1. The third-order valence-electron chi connectivity index (χ3n) is 3.27. The van der Waals surface area contributed by atoms with Gasteiger partial charge in [0.05, 0.1) is 6.67 Å². The predicted octanol–water partition coefficient (Wildman–Crippen LogP) is 0.939. The summed E-state index contributed by atoms with van der Waals surface area (Å²) >= 11 is 0. The lowest BCUT2D eigenvalue weighted by Crippen LogP contribution is -2.36. The molecule has 1 fully saturated rings. The van der Waals surface area contributed by atoms with Crippen LogP contribution in [0.5, 0.6) is 0 Å². The van der Waals surface area contributed by atoms with Crippen LogP contribution in [0, 0.1) is 0 Å². The molecular formula is C12H16N4O. The van der Waals surface area contributed by atoms with Crippen molar-refractivity contribution in [1.82, 2.24) is 19.1 Å². The maximum Gasteiger partial charge on any atom is 0.351 e. The van der Waals surface area contributed by atoms with Gasteiger partial charge in [-0.15, -0.1) is 5.10 Å². The van der Waals surface area contributed by atoms with Crippen LogP contribution in [0.15, 0.2) is 29.2 Å². The maximum atomic E-state index is 12.0. The molecule has 0 atom stereocenters. The lowest BCUT2D eigenvalue weighted by molar-refractivity contribution is 0.171. The minimum absolute atomic E-state index is 0.0498. The summed E-state index contributed by atoms with van der Waals surface area (Å²) < 4.78 is 3.14. The summed E-state index contributed by atoms with van der Waals surface area (Å²) in [5.74, 6) is 0. The molecule has 0 N–H and O–H groups in total. The van der Waals surface area contributed by atoms with E-state index in [1.165, 1.54) is 19.3 Å². The predicted molar refractivity (Wildman–Crippen MR) is 64.9 cm³/mol. The molecule has 5 heteroatoms. The van der Waals surface area contributed by atoms with Crippen molar-refractivity contribution in [2.24, 2.45) is 0 Å². The molecule has 0 unspecified atom stereocenters. The Hall–Kier alpha value is -1.62. The van der Waals surface area contributed by atoms with Gasteiger partial charge in [-0.3, -0.25) is 9.30 Å². The molecule has 1 aliphatic heterocycles. The Balaban J connectivity index is 1.89. The molecule has 1 saturated heterocycles. The van der Waals surface area contributed by atoms with Crippen LogP contribution in [0.2, 0.25) is 0 Å². The number of piperidine rings is 1. The quantitative estimate of drug-likeness (QED) is 0.774. The number of pyridine rings is 1. The Morgan fingerprint density at radius 1 is 1.18 bits per heavy atom. The van der Waals surface area contributed by atoms with Crippen molar-refractivity contribution < 1.29 is 0 Å². The van der Waals surface area contributed by atoms with Crippen LogP contribution >= 0.6 is 0 Å². The molecule has 0 bridgehead atoms. The zero-order valence-electron chi connectivity index (χ0n) is 9.75. The van der Waals surface area contributed by atoms with E-state index >= 15 is 0 Å². The molecule has 5 nitrogen and oxygen atoms in total. The standard InChI is InChI=1S/C12H16N4O/c17-12-15-9-5-2-6-11(15)13-16(12)10-14-7-3-1-4-8-14/h2,5-6,9H,1,3-4,7-8,10H2. The normalized spacial score (nSPS) is 17.6. The van der Waals surface area contributed by atoms with E-state index in [9.17, 15) is 4.79 Å². The summed E-state index contributed by atoms with van der Waals surface area (Å²) in [6.07, 6.45) is 5.51. The Bertz CT molecular complexity index is 565. The molecule has 0 amide bonds. The van der Waals surface area contributed by atoms with E-state index in [0.717, 1.165) is 18.7 Å². The number of nitrogens with zero attached hydrogens (tertiary/aromatic N) is 4. The first-order chi connectivity index (χ1) is 8.34. The van der Waals surface area contributed by atoms with Crippen LogP contribution in [0.3, 0.4) is 0 Å². The molecule has 0 aromatic carbocycles.